The van der Waals surface area contributed by atoms with Crippen molar-refractivity contribution in [2.24, 2.45) is 0 Å². The summed E-state index contributed by atoms with van der Waals surface area (Å²) in [5.41, 5.74) is 4.48. The number of benzene rings is 1. The zero-order valence-electron chi connectivity index (χ0n) is 12.0. The Bertz CT molecular complexity index is 663. The quantitative estimate of drug-likeness (QED) is 0.833. The summed E-state index contributed by atoms with van der Waals surface area (Å²) < 4.78 is 0. The largest absolute Gasteiger partial charge is 0.340 e. The highest BCUT2D eigenvalue weighted by Crippen LogP contribution is 2.39. The number of halogens is 1. The lowest BCUT2D eigenvalue weighted by molar-refractivity contribution is 0.922. The lowest BCUT2D eigenvalue weighted by Crippen LogP contribution is -2.03. The molecular weight excluding hydrogens is 270 g/mol. The second kappa shape index (κ2) is 5.06. The predicted octanol–water partition coefficient (Wildman–Crippen LogP) is 4.68. The Morgan fingerprint density at radius 3 is 2.50 bits per heavy atom. The van der Waals surface area contributed by atoms with Crippen molar-refractivity contribution in [1.29, 1.82) is 0 Å². The van der Waals surface area contributed by atoms with Gasteiger partial charge in [0.15, 0.2) is 0 Å². The van der Waals surface area contributed by atoms with Crippen LogP contribution in [0.1, 0.15) is 41.3 Å². The lowest BCUT2D eigenvalue weighted by atomic mass is 10.1. The van der Waals surface area contributed by atoms with Crippen LogP contribution in [0.3, 0.4) is 0 Å². The molecule has 1 aromatic heterocycles. The van der Waals surface area contributed by atoms with E-state index in [1.54, 1.807) is 0 Å². The van der Waals surface area contributed by atoms with E-state index in [0.717, 1.165) is 22.9 Å². The van der Waals surface area contributed by atoms with Crippen LogP contribution in [0.4, 0.5) is 11.5 Å². The molecular formula is C16H18ClN3. The first-order valence-electron chi connectivity index (χ1n) is 6.93. The Hall–Kier alpha value is -1.61. The number of hydrogen-bond acceptors (Lipinski definition) is 3. The molecule has 1 N–H and O–H groups in total. The average Bonchev–Trinajstić information content (AvgIpc) is 3.23. The second-order valence-electron chi connectivity index (χ2n) is 5.54. The number of aryl methyl sites for hydroxylation is 2. The van der Waals surface area contributed by atoms with Crippen LogP contribution in [0, 0.1) is 20.8 Å². The Kier molecular flexibility index (Phi) is 3.38. The highest BCUT2D eigenvalue weighted by Gasteiger charge is 2.28. The summed E-state index contributed by atoms with van der Waals surface area (Å²) in [6.07, 6.45) is 2.34. The summed E-state index contributed by atoms with van der Waals surface area (Å²) in [4.78, 5) is 9.02. The van der Waals surface area contributed by atoms with E-state index in [-0.39, 0.29) is 0 Å². The van der Waals surface area contributed by atoms with Gasteiger partial charge >= 0.3 is 0 Å². The molecule has 0 aliphatic heterocycles. The minimum atomic E-state index is 0.494. The van der Waals surface area contributed by atoms with Crippen molar-refractivity contribution in [2.45, 2.75) is 39.5 Å². The van der Waals surface area contributed by atoms with Gasteiger partial charge < -0.3 is 5.32 Å². The maximum atomic E-state index is 6.22. The van der Waals surface area contributed by atoms with Gasteiger partial charge in [-0.1, -0.05) is 17.7 Å². The van der Waals surface area contributed by atoms with Crippen molar-refractivity contribution in [3.63, 3.8) is 0 Å². The predicted molar refractivity (Wildman–Crippen MR) is 83.0 cm³/mol. The molecule has 1 aliphatic carbocycles. The van der Waals surface area contributed by atoms with Crippen molar-refractivity contribution >= 4 is 23.1 Å². The van der Waals surface area contributed by atoms with E-state index in [1.807, 2.05) is 6.92 Å². The van der Waals surface area contributed by atoms with Crippen LogP contribution >= 0.6 is 11.6 Å². The zero-order chi connectivity index (χ0) is 14.3. The van der Waals surface area contributed by atoms with Crippen molar-refractivity contribution in [2.75, 3.05) is 5.32 Å². The molecule has 1 fully saturated rings. The van der Waals surface area contributed by atoms with Crippen LogP contribution in [0.25, 0.3) is 0 Å². The van der Waals surface area contributed by atoms with Crippen molar-refractivity contribution in [3.8, 4) is 0 Å². The summed E-state index contributed by atoms with van der Waals surface area (Å²) in [6.45, 7) is 6.16. The first kappa shape index (κ1) is 13.4. The highest BCUT2D eigenvalue weighted by atomic mass is 35.5. The summed E-state index contributed by atoms with van der Waals surface area (Å²) >= 11 is 6.22. The van der Waals surface area contributed by atoms with E-state index in [2.05, 4.69) is 47.3 Å². The van der Waals surface area contributed by atoms with Crippen LogP contribution in [0.15, 0.2) is 18.2 Å². The van der Waals surface area contributed by atoms with E-state index in [9.17, 15) is 0 Å². The van der Waals surface area contributed by atoms with Gasteiger partial charge in [-0.3, -0.25) is 0 Å². The van der Waals surface area contributed by atoms with Gasteiger partial charge in [-0.15, -0.1) is 0 Å². The van der Waals surface area contributed by atoms with Gasteiger partial charge in [0, 0.05) is 17.2 Å². The maximum absolute atomic E-state index is 6.22. The molecule has 0 spiro atoms. The van der Waals surface area contributed by atoms with Gasteiger partial charge in [-0.25, -0.2) is 9.97 Å². The zero-order valence-corrected chi connectivity index (χ0v) is 12.8. The molecule has 4 heteroatoms. The number of nitrogens with one attached hydrogen (secondary N) is 1. The molecule has 104 valence electrons. The smallest absolute Gasteiger partial charge is 0.138 e. The standard InChI is InChI=1S/C16H18ClN3/c1-9-4-7-13(8-10(9)2)18-15-11(3)14(17)19-16(20-15)12-5-6-12/h4,7-8,12H,5-6H2,1-3H3,(H,18,19,20). The van der Waals surface area contributed by atoms with Crippen LogP contribution < -0.4 is 5.32 Å². The summed E-state index contributed by atoms with van der Waals surface area (Å²) in [6, 6.07) is 6.30. The van der Waals surface area contributed by atoms with E-state index < -0.39 is 0 Å². The molecule has 0 amide bonds. The molecule has 1 aromatic carbocycles. The number of rotatable bonds is 3. The molecule has 3 rings (SSSR count). The average molecular weight is 288 g/mol. The Labute approximate surface area is 124 Å². The van der Waals surface area contributed by atoms with Gasteiger partial charge in [-0.2, -0.15) is 0 Å². The van der Waals surface area contributed by atoms with Crippen LogP contribution in [-0.4, -0.2) is 9.97 Å². The van der Waals surface area contributed by atoms with Gasteiger partial charge in [0.2, 0.25) is 0 Å². The summed E-state index contributed by atoms with van der Waals surface area (Å²) in [7, 11) is 0. The molecule has 0 radical (unpaired) electrons. The molecule has 2 aromatic rings. The first-order chi connectivity index (χ1) is 9.54. The van der Waals surface area contributed by atoms with E-state index in [0.29, 0.717) is 11.1 Å². The molecule has 1 aliphatic rings. The third-order valence-corrected chi connectivity index (χ3v) is 4.18. The molecule has 0 bridgehead atoms. The molecule has 0 saturated heterocycles. The second-order valence-corrected chi connectivity index (χ2v) is 5.90. The Morgan fingerprint density at radius 2 is 1.85 bits per heavy atom. The minimum absolute atomic E-state index is 0.494. The third-order valence-electron chi connectivity index (χ3n) is 3.82. The van der Waals surface area contributed by atoms with E-state index >= 15 is 0 Å². The van der Waals surface area contributed by atoms with Gasteiger partial charge in [0.25, 0.3) is 0 Å². The van der Waals surface area contributed by atoms with E-state index in [4.69, 9.17) is 11.6 Å². The molecule has 3 nitrogen and oxygen atoms in total. The normalized spacial score (nSPS) is 14.4. The topological polar surface area (TPSA) is 37.8 Å². The summed E-state index contributed by atoms with van der Waals surface area (Å²) in [5.74, 6) is 2.18. The third kappa shape index (κ3) is 2.63. The first-order valence-corrected chi connectivity index (χ1v) is 7.30. The monoisotopic (exact) mass is 287 g/mol. The molecule has 20 heavy (non-hydrogen) atoms. The van der Waals surface area contributed by atoms with Gasteiger partial charge in [-0.05, 0) is 56.9 Å². The Morgan fingerprint density at radius 1 is 1.10 bits per heavy atom. The minimum Gasteiger partial charge on any atom is -0.340 e. The molecule has 0 atom stereocenters. The fourth-order valence-electron chi connectivity index (χ4n) is 2.11. The summed E-state index contributed by atoms with van der Waals surface area (Å²) in [5, 5.41) is 3.92. The molecule has 1 saturated carbocycles. The Balaban J connectivity index is 1.94. The number of nitrogens with zero attached hydrogens (tertiary/aromatic N) is 2. The van der Waals surface area contributed by atoms with Crippen LogP contribution in [0.5, 0.6) is 0 Å². The van der Waals surface area contributed by atoms with Crippen molar-refractivity contribution in [1.82, 2.24) is 9.97 Å². The van der Waals surface area contributed by atoms with Crippen LogP contribution in [-0.2, 0) is 0 Å². The van der Waals surface area contributed by atoms with Gasteiger partial charge in [0.05, 0.1) is 0 Å². The lowest BCUT2D eigenvalue weighted by Gasteiger charge is -2.12. The fourth-order valence-corrected chi connectivity index (χ4v) is 2.28. The van der Waals surface area contributed by atoms with Crippen LogP contribution in [0.2, 0.25) is 5.15 Å². The van der Waals surface area contributed by atoms with Gasteiger partial charge in [0.1, 0.15) is 16.8 Å². The fraction of sp³-hybridized carbons (Fsp3) is 0.375. The SMILES string of the molecule is Cc1ccc(Nc2nc(C3CC3)nc(Cl)c2C)cc1C. The number of anilines is 2. The molecule has 0 unspecified atom stereocenters. The highest BCUT2D eigenvalue weighted by molar-refractivity contribution is 6.30. The number of hydrogen-bond donors (Lipinski definition) is 1. The molecule has 1 heterocycles. The van der Waals surface area contributed by atoms with Crippen molar-refractivity contribution in [3.05, 3.63) is 45.9 Å². The van der Waals surface area contributed by atoms with Crippen molar-refractivity contribution < 1.29 is 0 Å². The van der Waals surface area contributed by atoms with E-state index in [1.165, 1.54) is 24.0 Å². The maximum Gasteiger partial charge on any atom is 0.138 e. The number of aromatic nitrogens is 2.